The van der Waals surface area contributed by atoms with Gasteiger partial charge in [0.15, 0.2) is 0 Å². The van der Waals surface area contributed by atoms with Crippen LogP contribution in [0.1, 0.15) is 19.3 Å². The molecule has 2 saturated heterocycles. The molecule has 0 saturated carbocycles. The minimum absolute atomic E-state index is 0.0551. The summed E-state index contributed by atoms with van der Waals surface area (Å²) in [6, 6.07) is 0.171. The van der Waals surface area contributed by atoms with Gasteiger partial charge in [-0.3, -0.25) is 9.63 Å². The van der Waals surface area contributed by atoms with Crippen LogP contribution in [0.5, 0.6) is 0 Å². The second-order valence-corrected chi connectivity index (χ2v) is 5.76. The fourth-order valence-corrected chi connectivity index (χ4v) is 2.69. The van der Waals surface area contributed by atoms with Crippen molar-refractivity contribution in [3.63, 3.8) is 0 Å². The third-order valence-electron chi connectivity index (χ3n) is 3.97. The van der Waals surface area contributed by atoms with E-state index in [0.717, 1.165) is 38.8 Å². The molecule has 1 amide bonds. The van der Waals surface area contributed by atoms with Crippen LogP contribution in [0.4, 0.5) is 0 Å². The summed E-state index contributed by atoms with van der Waals surface area (Å²) in [5.41, 5.74) is 0. The molecule has 2 fully saturated rings. The number of carbonyl (C=O) groups excluding carboxylic acids is 1. The molecule has 2 aliphatic rings. The molecule has 0 bridgehead atoms. The van der Waals surface area contributed by atoms with Crippen molar-refractivity contribution in [1.82, 2.24) is 9.96 Å². The van der Waals surface area contributed by atoms with E-state index in [9.17, 15) is 10.0 Å². The van der Waals surface area contributed by atoms with Crippen molar-refractivity contribution in [2.24, 2.45) is 0 Å². The molecule has 0 aromatic rings. The highest BCUT2D eigenvalue weighted by atomic mass is 16.7. The molecular weight excluding hydrogens is 234 g/mol. The number of likely N-dealkylation sites (N-methyl/N-ethyl adjacent to an activating group) is 1. The Balaban J connectivity index is 1.82. The molecule has 0 spiro atoms. The Morgan fingerprint density at radius 2 is 2.06 bits per heavy atom. The topological polar surface area (TPSA) is 53.0 Å². The number of nitrogens with zero attached hydrogens (tertiary/aromatic N) is 3. The molecule has 18 heavy (non-hydrogen) atoms. The minimum atomic E-state index is 0.0551. The van der Waals surface area contributed by atoms with E-state index < -0.39 is 0 Å². The zero-order valence-corrected chi connectivity index (χ0v) is 11.3. The molecule has 104 valence electrons. The third-order valence-corrected chi connectivity index (χ3v) is 3.97. The summed E-state index contributed by atoms with van der Waals surface area (Å²) in [5.74, 6) is 0. The largest absolute Gasteiger partial charge is 0.304 e. The van der Waals surface area contributed by atoms with E-state index in [1.807, 2.05) is 0 Å². The number of carbonyl (C=O) groups is 1. The molecule has 2 heterocycles. The Kier molecular flexibility index (Phi) is 4.21. The monoisotopic (exact) mass is 258 g/mol. The fourth-order valence-electron chi connectivity index (χ4n) is 2.69. The summed E-state index contributed by atoms with van der Waals surface area (Å²) in [6.07, 6.45) is 3.40. The van der Waals surface area contributed by atoms with Crippen molar-refractivity contribution in [2.75, 3.05) is 40.3 Å². The zero-order chi connectivity index (χ0) is 13.2. The zero-order valence-electron chi connectivity index (χ0n) is 11.3. The SMILES string of the molecule is CN1CCC(N(C=O)OC2CC[N+](C)(O)CC2)C1. The van der Waals surface area contributed by atoms with Gasteiger partial charge in [-0.05, 0) is 13.5 Å². The van der Waals surface area contributed by atoms with Gasteiger partial charge in [0.1, 0.15) is 13.1 Å². The molecule has 0 aromatic carbocycles. The number of rotatable bonds is 4. The second-order valence-electron chi connectivity index (χ2n) is 5.76. The molecule has 2 rings (SSSR count). The van der Waals surface area contributed by atoms with Crippen LogP contribution in [-0.4, -0.2) is 78.6 Å². The lowest BCUT2D eigenvalue weighted by molar-refractivity contribution is -1.09. The van der Waals surface area contributed by atoms with Gasteiger partial charge in [-0.2, -0.15) is 4.65 Å². The lowest BCUT2D eigenvalue weighted by atomic mass is 10.1. The molecule has 1 atom stereocenters. The molecule has 1 unspecified atom stereocenters. The number of likely N-dealkylation sites (tertiary alicyclic amines) is 2. The lowest BCUT2D eigenvalue weighted by Crippen LogP contribution is -2.50. The first kappa shape index (κ1) is 13.7. The molecule has 6 nitrogen and oxygen atoms in total. The van der Waals surface area contributed by atoms with E-state index in [2.05, 4.69) is 11.9 Å². The Morgan fingerprint density at radius 1 is 1.39 bits per heavy atom. The highest BCUT2D eigenvalue weighted by molar-refractivity contribution is 5.46. The maximum Gasteiger partial charge on any atom is 0.233 e. The predicted molar refractivity (Wildman–Crippen MR) is 65.6 cm³/mol. The van der Waals surface area contributed by atoms with E-state index in [0.29, 0.717) is 13.1 Å². The van der Waals surface area contributed by atoms with Gasteiger partial charge in [-0.25, -0.2) is 10.3 Å². The van der Waals surface area contributed by atoms with Crippen molar-refractivity contribution < 1.29 is 19.5 Å². The minimum Gasteiger partial charge on any atom is -0.304 e. The van der Waals surface area contributed by atoms with Crippen LogP contribution in [-0.2, 0) is 9.63 Å². The molecule has 0 aliphatic carbocycles. The van der Waals surface area contributed by atoms with E-state index in [1.165, 1.54) is 5.06 Å². The Morgan fingerprint density at radius 3 is 2.56 bits per heavy atom. The van der Waals surface area contributed by atoms with Crippen LogP contribution in [0.15, 0.2) is 0 Å². The van der Waals surface area contributed by atoms with E-state index >= 15 is 0 Å². The van der Waals surface area contributed by atoms with E-state index in [1.54, 1.807) is 7.05 Å². The van der Waals surface area contributed by atoms with Crippen LogP contribution >= 0.6 is 0 Å². The number of amides is 1. The van der Waals surface area contributed by atoms with Crippen molar-refractivity contribution in [2.45, 2.75) is 31.4 Å². The average Bonchev–Trinajstić information content (AvgIpc) is 2.74. The summed E-state index contributed by atoms with van der Waals surface area (Å²) in [6.45, 7) is 3.25. The Labute approximate surface area is 108 Å². The molecule has 0 radical (unpaired) electrons. The van der Waals surface area contributed by atoms with Gasteiger partial charge in [-0.15, -0.1) is 0 Å². The molecule has 2 aliphatic heterocycles. The molecule has 0 aromatic heterocycles. The van der Waals surface area contributed by atoms with Gasteiger partial charge < -0.3 is 4.90 Å². The molecule has 1 N–H and O–H groups in total. The summed E-state index contributed by atoms with van der Waals surface area (Å²) in [5, 5.41) is 11.3. The standard InChI is InChI=1S/C12H24N3O3/c1-13-6-3-11(9-13)14(10-16)18-12-4-7-15(2,17)8-5-12/h10-12,17H,3-9H2,1-2H3/q+1. The summed E-state index contributed by atoms with van der Waals surface area (Å²) >= 11 is 0. The summed E-state index contributed by atoms with van der Waals surface area (Å²) in [4.78, 5) is 19.1. The van der Waals surface area contributed by atoms with Crippen LogP contribution in [0.3, 0.4) is 0 Å². The third kappa shape index (κ3) is 3.41. The first-order chi connectivity index (χ1) is 8.50. The maximum atomic E-state index is 11.1. The first-order valence-electron chi connectivity index (χ1n) is 6.66. The van der Waals surface area contributed by atoms with Crippen LogP contribution in [0.2, 0.25) is 0 Å². The first-order valence-corrected chi connectivity index (χ1v) is 6.66. The van der Waals surface area contributed by atoms with E-state index in [-0.39, 0.29) is 16.8 Å². The van der Waals surface area contributed by atoms with Crippen molar-refractivity contribution in [1.29, 1.82) is 0 Å². The van der Waals surface area contributed by atoms with Crippen LogP contribution in [0, 0.1) is 0 Å². The highest BCUT2D eigenvalue weighted by Crippen LogP contribution is 2.20. The predicted octanol–water partition coefficient (Wildman–Crippen LogP) is 0.0787. The summed E-state index contributed by atoms with van der Waals surface area (Å²) in [7, 11) is 3.86. The van der Waals surface area contributed by atoms with Crippen molar-refractivity contribution in [3.05, 3.63) is 0 Å². The second kappa shape index (κ2) is 5.52. The Hall–Kier alpha value is -0.690. The van der Waals surface area contributed by atoms with Crippen LogP contribution in [0.25, 0.3) is 0 Å². The van der Waals surface area contributed by atoms with Gasteiger partial charge in [0.25, 0.3) is 0 Å². The van der Waals surface area contributed by atoms with Crippen LogP contribution < -0.4 is 0 Å². The van der Waals surface area contributed by atoms with Crippen molar-refractivity contribution in [3.8, 4) is 0 Å². The lowest BCUT2D eigenvalue weighted by Gasteiger charge is -2.35. The quantitative estimate of drug-likeness (QED) is 0.441. The van der Waals surface area contributed by atoms with Gasteiger partial charge in [-0.1, -0.05) is 0 Å². The fraction of sp³-hybridized carbons (Fsp3) is 0.917. The maximum absolute atomic E-state index is 11.1. The molecule has 6 heteroatoms. The number of quaternary nitrogens is 1. The number of piperidine rings is 1. The van der Waals surface area contributed by atoms with Gasteiger partial charge in [0.2, 0.25) is 6.41 Å². The van der Waals surface area contributed by atoms with E-state index in [4.69, 9.17) is 4.84 Å². The van der Waals surface area contributed by atoms with Gasteiger partial charge in [0, 0.05) is 25.9 Å². The number of hydrogen-bond acceptors (Lipinski definition) is 4. The Bertz CT molecular complexity index is 288. The van der Waals surface area contributed by atoms with Crippen molar-refractivity contribution >= 4 is 6.41 Å². The summed E-state index contributed by atoms with van der Waals surface area (Å²) < 4.78 is 0.0626. The van der Waals surface area contributed by atoms with Gasteiger partial charge in [0.05, 0.1) is 19.2 Å². The normalized spacial score (nSPS) is 37.7. The molecular formula is C12H24N3O3+. The average molecular weight is 258 g/mol. The number of hydroxylamine groups is 5. The number of hydrogen-bond donors (Lipinski definition) is 1. The smallest absolute Gasteiger partial charge is 0.233 e. The van der Waals surface area contributed by atoms with Gasteiger partial charge >= 0.3 is 0 Å². The highest BCUT2D eigenvalue weighted by Gasteiger charge is 2.33.